The van der Waals surface area contributed by atoms with Crippen molar-refractivity contribution in [2.75, 3.05) is 7.11 Å². The van der Waals surface area contributed by atoms with Crippen LogP contribution in [0.3, 0.4) is 0 Å². The Morgan fingerprint density at radius 3 is 2.81 bits per heavy atom. The second kappa shape index (κ2) is 4.01. The number of nitrogens with one attached hydrogen (secondary N) is 1. The van der Waals surface area contributed by atoms with Crippen LogP contribution in [0.5, 0.6) is 5.75 Å². The van der Waals surface area contributed by atoms with Gasteiger partial charge in [-0.05, 0) is 11.6 Å². The fourth-order valence-corrected chi connectivity index (χ4v) is 1.42. The van der Waals surface area contributed by atoms with Crippen LogP contribution < -0.4 is 4.74 Å². The summed E-state index contributed by atoms with van der Waals surface area (Å²) in [7, 11) is 1.40. The quantitative estimate of drug-likeness (QED) is 0.632. The SMILES string of the molecule is COc1ccc(-c2cn[nH]c2)cc1[N+](=O)[O-]. The summed E-state index contributed by atoms with van der Waals surface area (Å²) in [5.41, 5.74) is 1.47. The first kappa shape index (κ1) is 10.2. The molecule has 2 aromatic rings. The molecule has 6 nitrogen and oxygen atoms in total. The van der Waals surface area contributed by atoms with Crippen molar-refractivity contribution < 1.29 is 9.66 Å². The molecule has 2 rings (SSSR count). The lowest BCUT2D eigenvalue weighted by Gasteiger charge is -2.03. The normalized spacial score (nSPS) is 10.1. The molecule has 0 bridgehead atoms. The maximum atomic E-state index is 10.8. The molecule has 6 heteroatoms. The molecule has 1 heterocycles. The van der Waals surface area contributed by atoms with Gasteiger partial charge in [0.15, 0.2) is 5.75 Å². The highest BCUT2D eigenvalue weighted by Gasteiger charge is 2.15. The third kappa shape index (κ3) is 1.72. The Morgan fingerprint density at radius 2 is 2.25 bits per heavy atom. The summed E-state index contributed by atoms with van der Waals surface area (Å²) in [6, 6.07) is 4.78. The predicted molar refractivity (Wildman–Crippen MR) is 57.2 cm³/mol. The molecule has 1 N–H and O–H groups in total. The molecule has 0 spiro atoms. The van der Waals surface area contributed by atoms with E-state index in [0.717, 1.165) is 11.1 Å². The number of hydrogen-bond donors (Lipinski definition) is 1. The Labute approximate surface area is 91.0 Å². The molecule has 0 atom stereocenters. The van der Waals surface area contributed by atoms with Gasteiger partial charge in [0.2, 0.25) is 0 Å². The molecule has 0 aliphatic heterocycles. The molecule has 0 aliphatic carbocycles. The number of aromatic amines is 1. The van der Waals surface area contributed by atoms with Gasteiger partial charge in [0.25, 0.3) is 0 Å². The molecule has 0 fully saturated rings. The van der Waals surface area contributed by atoms with E-state index in [1.54, 1.807) is 24.5 Å². The van der Waals surface area contributed by atoms with E-state index in [4.69, 9.17) is 4.74 Å². The summed E-state index contributed by atoms with van der Waals surface area (Å²) in [4.78, 5) is 10.3. The Morgan fingerprint density at radius 1 is 1.44 bits per heavy atom. The van der Waals surface area contributed by atoms with E-state index in [9.17, 15) is 10.1 Å². The van der Waals surface area contributed by atoms with E-state index < -0.39 is 4.92 Å². The van der Waals surface area contributed by atoms with E-state index in [1.807, 2.05) is 0 Å². The maximum absolute atomic E-state index is 10.8. The number of nitrogens with zero attached hydrogens (tertiary/aromatic N) is 2. The average Bonchev–Trinajstić information content (AvgIpc) is 2.81. The summed E-state index contributed by atoms with van der Waals surface area (Å²) >= 11 is 0. The first-order chi connectivity index (χ1) is 7.72. The third-order valence-electron chi connectivity index (χ3n) is 2.21. The largest absolute Gasteiger partial charge is 0.490 e. The van der Waals surface area contributed by atoms with Crippen molar-refractivity contribution in [3.05, 3.63) is 40.7 Å². The van der Waals surface area contributed by atoms with Crippen LogP contribution in [0.2, 0.25) is 0 Å². The molecule has 1 aromatic heterocycles. The first-order valence-corrected chi connectivity index (χ1v) is 4.54. The molecule has 0 aliphatic rings. The highest BCUT2D eigenvalue weighted by Crippen LogP contribution is 2.31. The minimum atomic E-state index is -0.470. The smallest absolute Gasteiger partial charge is 0.311 e. The second-order valence-electron chi connectivity index (χ2n) is 3.13. The zero-order chi connectivity index (χ0) is 11.5. The first-order valence-electron chi connectivity index (χ1n) is 4.54. The van der Waals surface area contributed by atoms with Gasteiger partial charge in [0.1, 0.15) is 0 Å². The molecular formula is C10H9N3O3. The number of nitro groups is 1. The summed E-state index contributed by atoms with van der Waals surface area (Å²) < 4.78 is 4.91. The zero-order valence-electron chi connectivity index (χ0n) is 8.51. The van der Waals surface area contributed by atoms with Gasteiger partial charge in [-0.2, -0.15) is 5.10 Å². The molecule has 0 radical (unpaired) electrons. The zero-order valence-corrected chi connectivity index (χ0v) is 8.51. The highest BCUT2D eigenvalue weighted by atomic mass is 16.6. The van der Waals surface area contributed by atoms with Crippen molar-refractivity contribution in [1.29, 1.82) is 0 Å². The van der Waals surface area contributed by atoms with Crippen molar-refractivity contribution in [3.8, 4) is 16.9 Å². The van der Waals surface area contributed by atoms with Gasteiger partial charge in [-0.15, -0.1) is 0 Å². The Hall–Kier alpha value is -2.37. The summed E-state index contributed by atoms with van der Waals surface area (Å²) in [6.07, 6.45) is 3.27. The van der Waals surface area contributed by atoms with Crippen LogP contribution in [-0.2, 0) is 0 Å². The van der Waals surface area contributed by atoms with E-state index in [0.29, 0.717) is 0 Å². The fourth-order valence-electron chi connectivity index (χ4n) is 1.42. The van der Waals surface area contributed by atoms with E-state index >= 15 is 0 Å². The van der Waals surface area contributed by atoms with E-state index in [1.165, 1.54) is 13.2 Å². The number of H-pyrrole nitrogens is 1. The van der Waals surface area contributed by atoms with Gasteiger partial charge < -0.3 is 4.74 Å². The van der Waals surface area contributed by atoms with Gasteiger partial charge in [-0.3, -0.25) is 15.2 Å². The van der Waals surface area contributed by atoms with Crippen molar-refractivity contribution in [1.82, 2.24) is 10.2 Å². The number of benzene rings is 1. The van der Waals surface area contributed by atoms with Crippen LogP contribution in [0, 0.1) is 10.1 Å². The average molecular weight is 219 g/mol. The number of nitro benzene ring substituents is 1. The second-order valence-corrected chi connectivity index (χ2v) is 3.13. The lowest BCUT2D eigenvalue weighted by molar-refractivity contribution is -0.385. The number of rotatable bonds is 3. The molecule has 16 heavy (non-hydrogen) atoms. The highest BCUT2D eigenvalue weighted by molar-refractivity contribution is 5.67. The van der Waals surface area contributed by atoms with Gasteiger partial charge in [-0.25, -0.2) is 0 Å². The molecule has 0 amide bonds. The van der Waals surface area contributed by atoms with E-state index in [-0.39, 0.29) is 11.4 Å². The molecular weight excluding hydrogens is 210 g/mol. The van der Waals surface area contributed by atoms with Crippen molar-refractivity contribution in [2.45, 2.75) is 0 Å². The van der Waals surface area contributed by atoms with Gasteiger partial charge >= 0.3 is 5.69 Å². The number of methoxy groups -OCH3 is 1. The van der Waals surface area contributed by atoms with Crippen LogP contribution in [0.25, 0.3) is 11.1 Å². The minimum absolute atomic E-state index is 0.0544. The maximum Gasteiger partial charge on any atom is 0.311 e. The molecule has 0 saturated heterocycles. The topological polar surface area (TPSA) is 81.0 Å². The Balaban J connectivity index is 2.51. The summed E-state index contributed by atoms with van der Waals surface area (Å²) in [5.74, 6) is 0.247. The molecule has 0 unspecified atom stereocenters. The minimum Gasteiger partial charge on any atom is -0.490 e. The number of hydrogen-bond acceptors (Lipinski definition) is 4. The third-order valence-corrected chi connectivity index (χ3v) is 2.21. The molecule has 0 saturated carbocycles. The summed E-state index contributed by atoms with van der Waals surface area (Å²) in [6.45, 7) is 0. The molecule has 82 valence electrons. The lowest BCUT2D eigenvalue weighted by atomic mass is 10.1. The Kier molecular flexibility index (Phi) is 2.55. The van der Waals surface area contributed by atoms with Crippen molar-refractivity contribution >= 4 is 5.69 Å². The van der Waals surface area contributed by atoms with Gasteiger partial charge in [0, 0.05) is 17.8 Å². The van der Waals surface area contributed by atoms with Crippen LogP contribution in [0.15, 0.2) is 30.6 Å². The number of aromatic nitrogens is 2. The van der Waals surface area contributed by atoms with Gasteiger partial charge in [0.05, 0.1) is 18.2 Å². The standard InChI is InChI=1S/C10H9N3O3/c1-16-10-3-2-7(4-9(10)13(14)15)8-5-11-12-6-8/h2-6H,1H3,(H,11,12). The van der Waals surface area contributed by atoms with Crippen molar-refractivity contribution in [3.63, 3.8) is 0 Å². The summed E-state index contributed by atoms with van der Waals surface area (Å²) in [5, 5.41) is 17.2. The monoisotopic (exact) mass is 219 g/mol. The van der Waals surface area contributed by atoms with Crippen molar-refractivity contribution in [2.24, 2.45) is 0 Å². The molecule has 1 aromatic carbocycles. The van der Waals surface area contributed by atoms with E-state index in [2.05, 4.69) is 10.2 Å². The lowest BCUT2D eigenvalue weighted by Crippen LogP contribution is -1.93. The fraction of sp³-hybridized carbons (Fsp3) is 0.100. The van der Waals surface area contributed by atoms with Crippen LogP contribution in [0.1, 0.15) is 0 Å². The predicted octanol–water partition coefficient (Wildman–Crippen LogP) is 1.99. The van der Waals surface area contributed by atoms with Crippen LogP contribution in [0.4, 0.5) is 5.69 Å². The van der Waals surface area contributed by atoms with Crippen LogP contribution >= 0.6 is 0 Å². The number of ether oxygens (including phenoxy) is 1. The Bertz CT molecular complexity index is 508. The van der Waals surface area contributed by atoms with Crippen LogP contribution in [-0.4, -0.2) is 22.2 Å². The van der Waals surface area contributed by atoms with Gasteiger partial charge in [-0.1, -0.05) is 6.07 Å².